The zero-order chi connectivity index (χ0) is 32.3. The molecule has 0 aliphatic rings. The van der Waals surface area contributed by atoms with E-state index in [1.807, 2.05) is 13.8 Å². The van der Waals surface area contributed by atoms with E-state index in [0.717, 1.165) is 57.8 Å². The van der Waals surface area contributed by atoms with Crippen LogP contribution >= 0.6 is 0 Å². The monoisotopic (exact) mass is 610 g/mol. The number of hydrogen-bond donors (Lipinski definition) is 6. The van der Waals surface area contributed by atoms with E-state index in [4.69, 9.17) is 0 Å². The minimum atomic E-state index is -1.21. The van der Waals surface area contributed by atoms with Crippen LogP contribution in [0.25, 0.3) is 0 Å². The van der Waals surface area contributed by atoms with Crippen LogP contribution in [0.2, 0.25) is 0 Å². The Kier molecular flexibility index (Phi) is 16.4. The van der Waals surface area contributed by atoms with Crippen LogP contribution in [-0.4, -0.2) is 33.8 Å². The van der Waals surface area contributed by atoms with E-state index in [1.54, 1.807) is 24.3 Å². The van der Waals surface area contributed by atoms with Crippen LogP contribution in [0.15, 0.2) is 36.4 Å². The maximum Gasteiger partial charge on any atom is 0.273 e. The van der Waals surface area contributed by atoms with Gasteiger partial charge in [-0.05, 0) is 55.4 Å². The van der Waals surface area contributed by atoms with Crippen molar-refractivity contribution in [1.82, 2.24) is 21.7 Å². The smallest absolute Gasteiger partial charge is 0.273 e. The molecule has 242 valence electrons. The summed E-state index contributed by atoms with van der Waals surface area (Å²) in [6.45, 7) is 6.21. The van der Waals surface area contributed by atoms with Crippen LogP contribution in [0, 0.1) is 5.92 Å². The number of benzene rings is 2. The lowest BCUT2D eigenvalue weighted by Gasteiger charge is -2.18. The first-order valence-corrected chi connectivity index (χ1v) is 16.1. The number of aryl methyl sites for hydroxylation is 2. The van der Waals surface area contributed by atoms with Gasteiger partial charge in [-0.15, -0.1) is 0 Å². The molecule has 2 aromatic rings. The molecular formula is C34H50N4O6. The second kappa shape index (κ2) is 20.0. The van der Waals surface area contributed by atoms with Gasteiger partial charge >= 0.3 is 0 Å². The number of phenolic OH excluding ortho intramolecular Hbond substituents is 2. The molecule has 0 heterocycles. The van der Waals surface area contributed by atoms with Gasteiger partial charge in [0.25, 0.3) is 23.6 Å². The van der Waals surface area contributed by atoms with Gasteiger partial charge in [-0.2, -0.15) is 0 Å². The molecule has 2 rings (SSSR count). The maximum absolute atomic E-state index is 13.1. The summed E-state index contributed by atoms with van der Waals surface area (Å²) < 4.78 is 0. The molecule has 44 heavy (non-hydrogen) atoms. The van der Waals surface area contributed by atoms with Crippen molar-refractivity contribution in [2.75, 3.05) is 0 Å². The highest BCUT2D eigenvalue weighted by molar-refractivity contribution is 6.04. The van der Waals surface area contributed by atoms with Crippen LogP contribution in [0.1, 0.15) is 130 Å². The number of aromatic hydroxyl groups is 2. The van der Waals surface area contributed by atoms with Crippen molar-refractivity contribution >= 4 is 23.6 Å². The predicted molar refractivity (Wildman–Crippen MR) is 171 cm³/mol. The summed E-state index contributed by atoms with van der Waals surface area (Å²) in [7, 11) is 0. The average Bonchev–Trinajstić information content (AvgIpc) is 3.02. The third-order valence-corrected chi connectivity index (χ3v) is 7.66. The van der Waals surface area contributed by atoms with Gasteiger partial charge in [-0.25, -0.2) is 0 Å². The van der Waals surface area contributed by atoms with Crippen molar-refractivity contribution in [3.05, 3.63) is 58.7 Å². The number of para-hydroxylation sites is 2. The van der Waals surface area contributed by atoms with Crippen LogP contribution in [0.3, 0.4) is 0 Å². The Morgan fingerprint density at radius 2 is 0.977 bits per heavy atom. The molecule has 0 bridgehead atoms. The molecule has 0 unspecified atom stereocenters. The van der Waals surface area contributed by atoms with E-state index in [1.165, 1.54) is 18.6 Å². The second-order valence-electron chi connectivity index (χ2n) is 11.2. The quantitative estimate of drug-likeness (QED) is 0.0716. The number of nitrogens with one attached hydrogen (secondary N) is 4. The molecule has 0 aromatic heterocycles. The zero-order valence-corrected chi connectivity index (χ0v) is 26.5. The molecule has 6 N–H and O–H groups in total. The molecule has 0 spiro atoms. The van der Waals surface area contributed by atoms with Gasteiger partial charge in [0.15, 0.2) is 0 Å². The predicted octanol–water partition coefficient (Wildman–Crippen LogP) is 5.76. The van der Waals surface area contributed by atoms with E-state index in [0.29, 0.717) is 30.4 Å². The molecule has 0 radical (unpaired) electrons. The van der Waals surface area contributed by atoms with Crippen LogP contribution < -0.4 is 21.7 Å². The van der Waals surface area contributed by atoms with Gasteiger partial charge in [0, 0.05) is 0 Å². The molecule has 0 atom stereocenters. The number of unbranched alkanes of at least 4 members (excludes halogenated alkanes) is 8. The van der Waals surface area contributed by atoms with Gasteiger partial charge in [0.05, 0.1) is 11.1 Å². The van der Waals surface area contributed by atoms with Gasteiger partial charge in [-0.3, -0.25) is 40.9 Å². The topological polar surface area (TPSA) is 157 Å². The summed E-state index contributed by atoms with van der Waals surface area (Å²) in [5, 5.41) is 21.1. The molecular weight excluding hydrogens is 560 g/mol. The summed E-state index contributed by atoms with van der Waals surface area (Å²) in [6.07, 6.45) is 11.9. The van der Waals surface area contributed by atoms with Crippen molar-refractivity contribution in [3.63, 3.8) is 0 Å². The Morgan fingerprint density at radius 1 is 0.568 bits per heavy atom. The number of rotatable bonds is 18. The first-order chi connectivity index (χ1) is 21.2. The number of carbonyl (C=O) groups is 4. The zero-order valence-electron chi connectivity index (χ0n) is 26.5. The molecule has 2 aromatic carbocycles. The molecule has 0 fully saturated rings. The van der Waals surface area contributed by atoms with Crippen LogP contribution in [0.5, 0.6) is 11.5 Å². The Morgan fingerprint density at radius 3 is 1.41 bits per heavy atom. The lowest BCUT2D eigenvalue weighted by molar-refractivity contribution is -0.136. The lowest BCUT2D eigenvalue weighted by atomic mass is 9.98. The second-order valence-corrected chi connectivity index (χ2v) is 11.2. The van der Waals surface area contributed by atoms with Crippen molar-refractivity contribution in [2.24, 2.45) is 5.92 Å². The first kappa shape index (κ1) is 36.1. The highest BCUT2D eigenvalue weighted by Gasteiger charge is 2.28. The number of hydrazine groups is 2. The van der Waals surface area contributed by atoms with E-state index in [2.05, 4.69) is 28.6 Å². The lowest BCUT2D eigenvalue weighted by Crippen LogP contribution is -2.51. The highest BCUT2D eigenvalue weighted by atomic mass is 16.3. The minimum Gasteiger partial charge on any atom is -0.507 e. The fraction of sp³-hybridized carbons (Fsp3) is 0.529. The molecule has 0 aliphatic heterocycles. The van der Waals surface area contributed by atoms with Crippen molar-refractivity contribution in [3.8, 4) is 11.5 Å². The average molecular weight is 611 g/mol. The largest absolute Gasteiger partial charge is 0.507 e. The van der Waals surface area contributed by atoms with Gasteiger partial charge < -0.3 is 10.2 Å². The Bertz CT molecular complexity index is 1150. The van der Waals surface area contributed by atoms with Gasteiger partial charge in [0.1, 0.15) is 17.4 Å². The summed E-state index contributed by atoms with van der Waals surface area (Å²) in [5.41, 5.74) is 10.5. The van der Waals surface area contributed by atoms with E-state index in [9.17, 15) is 29.4 Å². The first-order valence-electron chi connectivity index (χ1n) is 16.1. The van der Waals surface area contributed by atoms with Crippen molar-refractivity contribution in [2.45, 2.75) is 111 Å². The molecule has 4 amide bonds. The summed E-state index contributed by atoms with van der Waals surface area (Å²) in [6, 6.07) is 9.74. The molecule has 0 saturated carbocycles. The highest BCUT2D eigenvalue weighted by Crippen LogP contribution is 2.25. The Balaban J connectivity index is 2.06. The summed E-state index contributed by atoms with van der Waals surface area (Å²) in [5.74, 6) is -4.42. The van der Waals surface area contributed by atoms with Crippen LogP contribution in [-0.2, 0) is 22.4 Å². The van der Waals surface area contributed by atoms with Gasteiger partial charge in [0.2, 0.25) is 0 Å². The summed E-state index contributed by atoms with van der Waals surface area (Å²) >= 11 is 0. The maximum atomic E-state index is 13.1. The third kappa shape index (κ3) is 11.5. The van der Waals surface area contributed by atoms with E-state index in [-0.39, 0.29) is 29.0 Å². The summed E-state index contributed by atoms with van der Waals surface area (Å²) in [4.78, 5) is 51.9. The van der Waals surface area contributed by atoms with E-state index < -0.39 is 29.5 Å². The molecule has 10 heteroatoms. The third-order valence-electron chi connectivity index (χ3n) is 7.66. The Hall–Kier alpha value is -4.08. The molecule has 0 aliphatic carbocycles. The SMILES string of the molecule is CCCCCCCCCC(C(=O)NNC(=O)c1cccc(CCCC)c1O)C(=O)NNC(=O)c1cccc(CCCC)c1O. The standard InChI is InChI=1S/C34H50N4O6/c1-4-7-10-11-12-13-14-21-28(33(43)37-35-31(41)26-22-15-19-24(29(26)39)17-8-5-2)34(44)38-36-32(42)27-23-16-20-25(30(27)40)18-9-6-3/h15-16,19-20,22-23,28,39-40H,4-14,17-18,21H2,1-3H3,(H,35,41)(H,36,42)(H,37,43)(H,38,44). The van der Waals surface area contributed by atoms with E-state index >= 15 is 0 Å². The van der Waals surface area contributed by atoms with Gasteiger partial charge in [-0.1, -0.05) is 103 Å². The number of amides is 4. The fourth-order valence-corrected chi connectivity index (χ4v) is 4.92. The molecule has 10 nitrogen and oxygen atoms in total. The Labute approximate surface area is 261 Å². The van der Waals surface area contributed by atoms with Crippen molar-refractivity contribution < 1.29 is 29.4 Å². The van der Waals surface area contributed by atoms with Crippen molar-refractivity contribution in [1.29, 1.82) is 0 Å². The fourth-order valence-electron chi connectivity index (χ4n) is 4.92. The minimum absolute atomic E-state index is 0.0141. The number of carbonyl (C=O) groups excluding carboxylic acids is 4. The number of phenols is 2. The molecule has 0 saturated heterocycles. The normalized spacial score (nSPS) is 10.8. The van der Waals surface area contributed by atoms with Crippen LogP contribution in [0.4, 0.5) is 0 Å². The number of hydrogen-bond acceptors (Lipinski definition) is 6.